The van der Waals surface area contributed by atoms with Gasteiger partial charge >= 0.3 is 0 Å². The van der Waals surface area contributed by atoms with E-state index in [1.165, 1.54) is 23.3 Å². The van der Waals surface area contributed by atoms with Crippen molar-refractivity contribution in [3.8, 4) is 0 Å². The molecule has 0 amide bonds. The van der Waals surface area contributed by atoms with Gasteiger partial charge in [-0.2, -0.15) is 0 Å². The molecule has 0 fully saturated rings. The van der Waals surface area contributed by atoms with Crippen LogP contribution in [-0.4, -0.2) is 13.1 Å². The summed E-state index contributed by atoms with van der Waals surface area (Å²) in [7, 11) is 0. The number of hydrogen-bond acceptors (Lipinski definition) is 2. The van der Waals surface area contributed by atoms with E-state index in [2.05, 4.69) is 36.9 Å². The first-order chi connectivity index (χ1) is 9.58. The minimum absolute atomic E-state index is 0.203. The van der Waals surface area contributed by atoms with Crippen molar-refractivity contribution < 1.29 is 4.39 Å². The molecule has 106 valence electrons. The van der Waals surface area contributed by atoms with Gasteiger partial charge in [-0.15, -0.1) is 0 Å². The van der Waals surface area contributed by atoms with Crippen molar-refractivity contribution in [3.63, 3.8) is 0 Å². The molecule has 20 heavy (non-hydrogen) atoms. The molecule has 0 heterocycles. The fourth-order valence-electron chi connectivity index (χ4n) is 2.40. The van der Waals surface area contributed by atoms with E-state index in [-0.39, 0.29) is 5.82 Å². The molecular formula is C17H21FN2. The third-order valence-corrected chi connectivity index (χ3v) is 3.26. The van der Waals surface area contributed by atoms with Crippen LogP contribution >= 0.6 is 0 Å². The first kappa shape index (κ1) is 14.5. The molecule has 0 aromatic heterocycles. The van der Waals surface area contributed by atoms with Gasteiger partial charge in [0, 0.05) is 25.3 Å². The minimum atomic E-state index is -0.203. The summed E-state index contributed by atoms with van der Waals surface area (Å²) in [6, 6.07) is 13.1. The number of benzene rings is 2. The molecule has 0 unspecified atom stereocenters. The van der Waals surface area contributed by atoms with Crippen molar-refractivity contribution in [2.24, 2.45) is 5.73 Å². The van der Waals surface area contributed by atoms with E-state index in [0.717, 1.165) is 24.3 Å². The Morgan fingerprint density at radius 2 is 1.60 bits per heavy atom. The largest absolute Gasteiger partial charge is 0.366 e. The Labute approximate surface area is 120 Å². The lowest BCUT2D eigenvalue weighted by Crippen LogP contribution is -2.29. The highest BCUT2D eigenvalue weighted by molar-refractivity contribution is 5.51. The molecule has 2 N–H and O–H groups in total. The average molecular weight is 272 g/mol. The predicted octanol–water partition coefficient (Wildman–Crippen LogP) is 3.41. The second kappa shape index (κ2) is 6.53. The van der Waals surface area contributed by atoms with E-state index in [9.17, 15) is 4.39 Å². The van der Waals surface area contributed by atoms with Crippen LogP contribution in [0.25, 0.3) is 0 Å². The first-order valence-electron chi connectivity index (χ1n) is 6.86. The Bertz CT molecular complexity index is 543. The molecule has 2 aromatic carbocycles. The van der Waals surface area contributed by atoms with Crippen molar-refractivity contribution in [1.82, 2.24) is 0 Å². The van der Waals surface area contributed by atoms with Crippen LogP contribution in [0.5, 0.6) is 0 Å². The summed E-state index contributed by atoms with van der Waals surface area (Å²) in [5.74, 6) is -0.203. The van der Waals surface area contributed by atoms with Gasteiger partial charge in [0.1, 0.15) is 5.82 Å². The molecule has 0 saturated heterocycles. The maximum atomic E-state index is 13.0. The molecule has 2 aromatic rings. The van der Waals surface area contributed by atoms with Crippen LogP contribution in [-0.2, 0) is 6.54 Å². The zero-order valence-corrected chi connectivity index (χ0v) is 12.1. The van der Waals surface area contributed by atoms with Gasteiger partial charge in [-0.05, 0) is 54.8 Å². The van der Waals surface area contributed by atoms with Gasteiger partial charge in [-0.3, -0.25) is 0 Å². The Morgan fingerprint density at radius 3 is 2.15 bits per heavy atom. The van der Waals surface area contributed by atoms with Crippen LogP contribution in [0.3, 0.4) is 0 Å². The van der Waals surface area contributed by atoms with E-state index in [1.807, 2.05) is 12.1 Å². The minimum Gasteiger partial charge on any atom is -0.366 e. The standard InChI is InChI=1S/C17H21FN2/c1-13-9-14(2)11-17(10-13)20(8-7-19)12-15-3-5-16(18)6-4-15/h3-6,9-11H,7-8,12,19H2,1-2H3. The van der Waals surface area contributed by atoms with Crippen LogP contribution in [0.15, 0.2) is 42.5 Å². The highest BCUT2D eigenvalue weighted by Crippen LogP contribution is 2.20. The maximum absolute atomic E-state index is 13.0. The van der Waals surface area contributed by atoms with Crippen LogP contribution in [0, 0.1) is 19.7 Å². The van der Waals surface area contributed by atoms with E-state index in [1.54, 1.807) is 0 Å². The molecule has 0 atom stereocenters. The Balaban J connectivity index is 2.23. The molecule has 2 nitrogen and oxygen atoms in total. The third kappa shape index (κ3) is 3.81. The van der Waals surface area contributed by atoms with Gasteiger partial charge in [0.05, 0.1) is 0 Å². The lowest BCUT2D eigenvalue weighted by molar-refractivity contribution is 0.626. The lowest BCUT2D eigenvalue weighted by Gasteiger charge is -2.25. The molecule has 0 spiro atoms. The zero-order valence-electron chi connectivity index (χ0n) is 12.1. The van der Waals surface area contributed by atoms with Crippen molar-refractivity contribution >= 4 is 5.69 Å². The molecule has 0 bridgehead atoms. The Morgan fingerprint density at radius 1 is 1.00 bits per heavy atom. The number of anilines is 1. The fourth-order valence-corrected chi connectivity index (χ4v) is 2.40. The van der Waals surface area contributed by atoms with E-state index >= 15 is 0 Å². The second-order valence-electron chi connectivity index (χ2n) is 5.18. The number of nitrogens with two attached hydrogens (primary N) is 1. The van der Waals surface area contributed by atoms with Gasteiger partial charge in [-0.25, -0.2) is 4.39 Å². The molecule has 0 radical (unpaired) electrons. The van der Waals surface area contributed by atoms with Crippen molar-refractivity contribution in [2.45, 2.75) is 20.4 Å². The third-order valence-electron chi connectivity index (χ3n) is 3.26. The molecule has 3 heteroatoms. The summed E-state index contributed by atoms with van der Waals surface area (Å²) in [4.78, 5) is 2.23. The fraction of sp³-hybridized carbons (Fsp3) is 0.294. The molecule has 0 aliphatic carbocycles. The summed E-state index contributed by atoms with van der Waals surface area (Å²) in [6.45, 7) is 6.29. The van der Waals surface area contributed by atoms with Gasteiger partial charge < -0.3 is 10.6 Å². The summed E-state index contributed by atoms with van der Waals surface area (Å²) < 4.78 is 13.0. The van der Waals surface area contributed by atoms with Crippen LogP contribution in [0.2, 0.25) is 0 Å². The molecule has 0 saturated carbocycles. The average Bonchev–Trinajstić information content (AvgIpc) is 2.39. The molecule has 0 aliphatic rings. The Hall–Kier alpha value is -1.87. The van der Waals surface area contributed by atoms with Gasteiger partial charge in [0.2, 0.25) is 0 Å². The van der Waals surface area contributed by atoms with Crippen molar-refractivity contribution in [1.29, 1.82) is 0 Å². The van der Waals surface area contributed by atoms with E-state index in [4.69, 9.17) is 5.73 Å². The lowest BCUT2D eigenvalue weighted by atomic mass is 10.1. The molecule has 2 rings (SSSR count). The number of aryl methyl sites for hydroxylation is 2. The number of halogens is 1. The highest BCUT2D eigenvalue weighted by Gasteiger charge is 2.08. The van der Waals surface area contributed by atoms with Crippen LogP contribution < -0.4 is 10.6 Å². The van der Waals surface area contributed by atoms with Crippen molar-refractivity contribution in [2.75, 3.05) is 18.0 Å². The van der Waals surface area contributed by atoms with E-state index < -0.39 is 0 Å². The second-order valence-corrected chi connectivity index (χ2v) is 5.18. The molecular weight excluding hydrogens is 251 g/mol. The maximum Gasteiger partial charge on any atom is 0.123 e. The Kier molecular flexibility index (Phi) is 4.74. The zero-order chi connectivity index (χ0) is 14.5. The molecule has 0 aliphatic heterocycles. The van der Waals surface area contributed by atoms with Gasteiger partial charge in [0.15, 0.2) is 0 Å². The van der Waals surface area contributed by atoms with Gasteiger partial charge in [-0.1, -0.05) is 18.2 Å². The van der Waals surface area contributed by atoms with Crippen LogP contribution in [0.1, 0.15) is 16.7 Å². The summed E-state index contributed by atoms with van der Waals surface area (Å²) >= 11 is 0. The number of nitrogens with zero attached hydrogens (tertiary/aromatic N) is 1. The summed E-state index contributed by atoms with van der Waals surface area (Å²) in [5, 5.41) is 0. The monoisotopic (exact) mass is 272 g/mol. The first-order valence-corrected chi connectivity index (χ1v) is 6.86. The topological polar surface area (TPSA) is 29.3 Å². The van der Waals surface area contributed by atoms with Crippen LogP contribution in [0.4, 0.5) is 10.1 Å². The predicted molar refractivity (Wildman–Crippen MR) is 82.4 cm³/mol. The normalized spacial score (nSPS) is 10.6. The summed E-state index contributed by atoms with van der Waals surface area (Å²) in [5.41, 5.74) is 10.4. The van der Waals surface area contributed by atoms with E-state index in [0.29, 0.717) is 6.54 Å². The van der Waals surface area contributed by atoms with Crippen molar-refractivity contribution in [3.05, 3.63) is 65.0 Å². The SMILES string of the molecule is Cc1cc(C)cc(N(CCN)Cc2ccc(F)cc2)c1. The summed E-state index contributed by atoms with van der Waals surface area (Å²) in [6.07, 6.45) is 0. The number of rotatable bonds is 5. The number of hydrogen-bond donors (Lipinski definition) is 1. The quantitative estimate of drug-likeness (QED) is 0.903. The smallest absolute Gasteiger partial charge is 0.123 e. The highest BCUT2D eigenvalue weighted by atomic mass is 19.1. The van der Waals surface area contributed by atoms with Gasteiger partial charge in [0.25, 0.3) is 0 Å².